The molecular weight excluding hydrogens is 460 g/mol. The van der Waals surface area contributed by atoms with E-state index in [2.05, 4.69) is 4.98 Å². The molecular formula is C25H21ClN2O6. The average molecular weight is 481 g/mol. The van der Waals surface area contributed by atoms with Crippen LogP contribution in [0.1, 0.15) is 22.7 Å². The molecule has 0 aliphatic carbocycles. The number of ether oxygens (including phenoxy) is 2. The third-order valence-corrected chi connectivity index (χ3v) is 5.88. The molecule has 34 heavy (non-hydrogen) atoms. The van der Waals surface area contributed by atoms with Gasteiger partial charge in [0.05, 0.1) is 42.1 Å². The minimum absolute atomic E-state index is 0.120. The highest BCUT2D eigenvalue weighted by molar-refractivity contribution is 6.52. The zero-order chi connectivity index (χ0) is 24.6. The molecule has 1 fully saturated rings. The molecule has 1 aliphatic rings. The van der Waals surface area contributed by atoms with Crippen molar-refractivity contribution < 1.29 is 29.3 Å². The number of amides is 1. The lowest BCUT2D eigenvalue weighted by Crippen LogP contribution is -2.29. The molecule has 1 atom stereocenters. The van der Waals surface area contributed by atoms with E-state index in [1.807, 2.05) is 0 Å². The SMILES string of the molecule is COc1cc(/C(O)=C2\C(=O)C(=O)N(c3cc(C)ccc3O)C2c2ccncc2)c(OC)cc1Cl. The Bertz CT molecular complexity index is 1320. The number of halogens is 1. The fourth-order valence-electron chi connectivity index (χ4n) is 3.96. The molecule has 0 radical (unpaired) electrons. The first-order chi connectivity index (χ1) is 16.3. The van der Waals surface area contributed by atoms with Gasteiger partial charge in [-0.2, -0.15) is 0 Å². The number of nitrogens with zero attached hydrogens (tertiary/aromatic N) is 2. The molecule has 4 rings (SSSR count). The molecule has 2 N–H and O–H groups in total. The zero-order valence-corrected chi connectivity index (χ0v) is 19.3. The van der Waals surface area contributed by atoms with Crippen LogP contribution in [0, 0.1) is 6.92 Å². The summed E-state index contributed by atoms with van der Waals surface area (Å²) >= 11 is 6.19. The summed E-state index contributed by atoms with van der Waals surface area (Å²) in [7, 11) is 2.80. The normalized spacial score (nSPS) is 17.2. The average Bonchev–Trinajstić information content (AvgIpc) is 3.10. The fraction of sp³-hybridized carbons (Fsp3) is 0.160. The van der Waals surface area contributed by atoms with Crippen LogP contribution in [0.4, 0.5) is 5.69 Å². The second kappa shape index (κ2) is 9.07. The van der Waals surface area contributed by atoms with Gasteiger partial charge in [-0.25, -0.2) is 0 Å². The smallest absolute Gasteiger partial charge is 0.300 e. The molecule has 0 spiro atoms. The predicted octanol–water partition coefficient (Wildman–Crippen LogP) is 4.39. The van der Waals surface area contributed by atoms with E-state index in [1.54, 1.807) is 31.2 Å². The molecule has 0 bridgehead atoms. The van der Waals surface area contributed by atoms with Crippen molar-refractivity contribution >= 4 is 34.7 Å². The van der Waals surface area contributed by atoms with E-state index < -0.39 is 23.5 Å². The maximum absolute atomic E-state index is 13.3. The summed E-state index contributed by atoms with van der Waals surface area (Å²) in [6.45, 7) is 1.80. The third kappa shape index (κ3) is 3.82. The van der Waals surface area contributed by atoms with Crippen LogP contribution < -0.4 is 14.4 Å². The molecule has 174 valence electrons. The number of aliphatic hydroxyl groups excluding tert-OH is 1. The highest BCUT2D eigenvalue weighted by Gasteiger charge is 2.48. The number of aryl methyl sites for hydroxylation is 1. The van der Waals surface area contributed by atoms with Gasteiger partial charge < -0.3 is 19.7 Å². The molecule has 2 aromatic carbocycles. The summed E-state index contributed by atoms with van der Waals surface area (Å²) < 4.78 is 10.6. The number of pyridine rings is 1. The van der Waals surface area contributed by atoms with Crippen molar-refractivity contribution in [1.29, 1.82) is 0 Å². The quantitative estimate of drug-likeness (QED) is 0.316. The molecule has 9 heteroatoms. The van der Waals surface area contributed by atoms with Gasteiger partial charge >= 0.3 is 0 Å². The third-order valence-electron chi connectivity index (χ3n) is 5.59. The van der Waals surface area contributed by atoms with E-state index in [0.29, 0.717) is 5.56 Å². The molecule has 1 unspecified atom stereocenters. The second-order valence-corrected chi connectivity index (χ2v) is 8.04. The Balaban J connectivity index is 2.02. The van der Waals surface area contributed by atoms with Gasteiger partial charge in [-0.15, -0.1) is 0 Å². The lowest BCUT2D eigenvalue weighted by molar-refractivity contribution is -0.132. The Kier molecular flexibility index (Phi) is 6.17. The molecule has 2 heterocycles. The van der Waals surface area contributed by atoms with E-state index in [4.69, 9.17) is 21.1 Å². The van der Waals surface area contributed by atoms with Crippen LogP contribution in [-0.4, -0.2) is 41.1 Å². The van der Waals surface area contributed by atoms with Crippen LogP contribution in [0.25, 0.3) is 5.76 Å². The highest BCUT2D eigenvalue weighted by Crippen LogP contribution is 2.46. The number of aliphatic hydroxyl groups is 1. The molecule has 3 aromatic rings. The Morgan fingerprint density at radius 1 is 1.03 bits per heavy atom. The Morgan fingerprint density at radius 2 is 1.71 bits per heavy atom. The maximum atomic E-state index is 13.3. The number of phenols is 1. The van der Waals surface area contributed by atoms with Crippen LogP contribution in [0.15, 0.2) is 60.4 Å². The van der Waals surface area contributed by atoms with Crippen molar-refractivity contribution in [2.75, 3.05) is 19.1 Å². The lowest BCUT2D eigenvalue weighted by Gasteiger charge is -2.26. The predicted molar refractivity (Wildman–Crippen MR) is 126 cm³/mol. The van der Waals surface area contributed by atoms with Gasteiger partial charge in [0.25, 0.3) is 11.7 Å². The number of hydrogen-bond acceptors (Lipinski definition) is 7. The Hall–Kier alpha value is -4.04. The monoisotopic (exact) mass is 480 g/mol. The first-order valence-corrected chi connectivity index (χ1v) is 10.6. The number of anilines is 1. The number of ketones is 1. The van der Waals surface area contributed by atoms with Crippen LogP contribution in [0.2, 0.25) is 5.02 Å². The molecule has 1 amide bonds. The van der Waals surface area contributed by atoms with E-state index >= 15 is 0 Å². The Morgan fingerprint density at radius 3 is 2.35 bits per heavy atom. The Labute approximate surface area is 200 Å². The highest BCUT2D eigenvalue weighted by atomic mass is 35.5. The molecule has 8 nitrogen and oxygen atoms in total. The van der Waals surface area contributed by atoms with Gasteiger partial charge in [0.2, 0.25) is 0 Å². The summed E-state index contributed by atoms with van der Waals surface area (Å²) in [6.07, 6.45) is 3.02. The van der Waals surface area contributed by atoms with E-state index in [0.717, 1.165) is 5.56 Å². The van der Waals surface area contributed by atoms with Crippen molar-refractivity contribution in [3.63, 3.8) is 0 Å². The van der Waals surface area contributed by atoms with Gasteiger partial charge in [0.15, 0.2) is 0 Å². The fourth-order valence-corrected chi connectivity index (χ4v) is 4.19. The van der Waals surface area contributed by atoms with Crippen LogP contribution in [-0.2, 0) is 9.59 Å². The molecule has 1 aromatic heterocycles. The van der Waals surface area contributed by atoms with Gasteiger partial charge in [-0.1, -0.05) is 17.7 Å². The maximum Gasteiger partial charge on any atom is 0.300 e. The first kappa shape index (κ1) is 23.1. The summed E-state index contributed by atoms with van der Waals surface area (Å²) in [6, 6.07) is 9.81. The topological polar surface area (TPSA) is 109 Å². The number of methoxy groups -OCH3 is 2. The van der Waals surface area contributed by atoms with E-state index in [1.165, 1.54) is 49.7 Å². The summed E-state index contributed by atoms with van der Waals surface area (Å²) in [5.41, 5.74) is 1.36. The van der Waals surface area contributed by atoms with Crippen molar-refractivity contribution in [3.8, 4) is 17.2 Å². The summed E-state index contributed by atoms with van der Waals surface area (Å²) in [4.78, 5) is 31.7. The summed E-state index contributed by atoms with van der Waals surface area (Å²) in [5.74, 6) is -2.05. The standard InChI is InChI=1S/C25H21ClN2O6/c1-13-4-5-18(29)17(10-13)28-22(14-6-8-27-9-7-14)21(24(31)25(28)32)23(30)15-11-20(34-3)16(26)12-19(15)33-2/h4-12,22,29-30H,1-3H3/b23-21+. The number of benzene rings is 2. The number of carbonyl (C=O) groups excluding carboxylic acids is 2. The number of hydrogen-bond donors (Lipinski definition) is 2. The van der Waals surface area contributed by atoms with Crippen LogP contribution in [0.5, 0.6) is 17.2 Å². The minimum Gasteiger partial charge on any atom is -0.507 e. The van der Waals surface area contributed by atoms with Crippen molar-refractivity contribution in [2.24, 2.45) is 0 Å². The second-order valence-electron chi connectivity index (χ2n) is 7.63. The van der Waals surface area contributed by atoms with Gasteiger partial charge in [0, 0.05) is 18.5 Å². The number of aromatic nitrogens is 1. The largest absolute Gasteiger partial charge is 0.507 e. The summed E-state index contributed by atoms with van der Waals surface area (Å²) in [5, 5.41) is 22.2. The van der Waals surface area contributed by atoms with Gasteiger partial charge in [-0.3, -0.25) is 19.5 Å². The van der Waals surface area contributed by atoms with Gasteiger partial charge in [0.1, 0.15) is 23.0 Å². The molecule has 0 saturated carbocycles. The van der Waals surface area contributed by atoms with Crippen LogP contribution >= 0.6 is 11.6 Å². The van der Waals surface area contributed by atoms with Crippen molar-refractivity contribution in [2.45, 2.75) is 13.0 Å². The minimum atomic E-state index is -1.04. The number of carbonyl (C=O) groups is 2. The number of Topliss-reactive ketones (excluding diaryl/α,β-unsaturated/α-hetero) is 1. The number of rotatable bonds is 5. The first-order valence-electron chi connectivity index (χ1n) is 10.2. The molecule has 1 saturated heterocycles. The van der Waals surface area contributed by atoms with Crippen LogP contribution in [0.3, 0.4) is 0 Å². The van der Waals surface area contributed by atoms with E-state index in [9.17, 15) is 19.8 Å². The number of aromatic hydroxyl groups is 1. The lowest BCUT2D eigenvalue weighted by atomic mass is 9.95. The zero-order valence-electron chi connectivity index (χ0n) is 18.6. The van der Waals surface area contributed by atoms with Crippen molar-refractivity contribution in [1.82, 2.24) is 4.98 Å². The number of phenolic OH excluding ortho intramolecular Hbond substituents is 1. The van der Waals surface area contributed by atoms with Crippen molar-refractivity contribution in [3.05, 3.63) is 82.1 Å². The molecule has 1 aliphatic heterocycles. The van der Waals surface area contributed by atoms with E-state index in [-0.39, 0.29) is 39.1 Å². The van der Waals surface area contributed by atoms with Gasteiger partial charge in [-0.05, 0) is 48.4 Å².